The normalized spacial score (nSPS) is 10.5. The molecule has 0 fully saturated rings. The smallest absolute Gasteiger partial charge is 0.179 e. The van der Waals surface area contributed by atoms with Crippen molar-refractivity contribution in [2.75, 3.05) is 18.5 Å². The number of halogens is 2. The molecular weight excluding hydrogens is 345 g/mol. The Hall–Kier alpha value is -1.58. The molecule has 2 rings (SSSR count). The molecule has 0 aliphatic carbocycles. The van der Waals surface area contributed by atoms with Gasteiger partial charge < -0.3 is 14.8 Å². The van der Waals surface area contributed by atoms with Gasteiger partial charge in [-0.05, 0) is 55.7 Å². The minimum absolute atomic E-state index is 0.559. The van der Waals surface area contributed by atoms with Crippen molar-refractivity contribution in [2.24, 2.45) is 0 Å². The van der Waals surface area contributed by atoms with Crippen molar-refractivity contribution in [3.63, 3.8) is 0 Å². The van der Waals surface area contributed by atoms with E-state index in [2.05, 4.69) is 12.2 Å². The molecule has 3 nitrogen and oxygen atoms in total. The molecule has 0 aliphatic rings. The van der Waals surface area contributed by atoms with Crippen LogP contribution in [0.25, 0.3) is 0 Å². The van der Waals surface area contributed by atoms with Gasteiger partial charge in [0.05, 0.1) is 18.2 Å². The molecule has 0 atom stereocenters. The zero-order chi connectivity index (χ0) is 17.5. The van der Waals surface area contributed by atoms with Crippen molar-refractivity contribution in [2.45, 2.75) is 33.7 Å². The summed E-state index contributed by atoms with van der Waals surface area (Å²) in [4.78, 5) is 0. The van der Waals surface area contributed by atoms with Gasteiger partial charge >= 0.3 is 0 Å². The Morgan fingerprint density at radius 1 is 1.04 bits per heavy atom. The summed E-state index contributed by atoms with van der Waals surface area (Å²) in [6.07, 6.45) is 0.916. The Morgan fingerprint density at radius 2 is 1.83 bits per heavy atom. The van der Waals surface area contributed by atoms with Gasteiger partial charge in [-0.3, -0.25) is 0 Å². The first-order chi connectivity index (χ1) is 11.6. The van der Waals surface area contributed by atoms with Crippen LogP contribution in [0.3, 0.4) is 0 Å². The summed E-state index contributed by atoms with van der Waals surface area (Å²) < 4.78 is 11.4. The molecule has 0 bridgehead atoms. The van der Waals surface area contributed by atoms with Gasteiger partial charge in [-0.15, -0.1) is 0 Å². The molecule has 2 aromatic rings. The standard InChI is InChI=1S/C19H23Cl2NO2/c1-4-9-24-19-16(21)10-14(11-18(19)23-5-2)12-22-17-8-6-7-15(20)13(17)3/h6-8,10-11,22H,4-5,9,12H2,1-3H3. The minimum Gasteiger partial charge on any atom is -0.490 e. The summed E-state index contributed by atoms with van der Waals surface area (Å²) in [6, 6.07) is 9.68. The molecule has 0 spiro atoms. The molecule has 0 heterocycles. The highest BCUT2D eigenvalue weighted by Crippen LogP contribution is 2.37. The summed E-state index contributed by atoms with van der Waals surface area (Å²) in [5.41, 5.74) is 3.05. The van der Waals surface area contributed by atoms with Gasteiger partial charge in [-0.25, -0.2) is 0 Å². The lowest BCUT2D eigenvalue weighted by Gasteiger charge is -2.16. The Kier molecular flexibility index (Phi) is 7.07. The van der Waals surface area contributed by atoms with Crippen LogP contribution in [0.1, 0.15) is 31.4 Å². The van der Waals surface area contributed by atoms with Gasteiger partial charge in [-0.2, -0.15) is 0 Å². The zero-order valence-corrected chi connectivity index (χ0v) is 15.8. The molecule has 2 aromatic carbocycles. The third-order valence-electron chi connectivity index (χ3n) is 3.57. The second-order valence-electron chi connectivity index (χ2n) is 5.45. The zero-order valence-electron chi connectivity index (χ0n) is 14.3. The van der Waals surface area contributed by atoms with Crippen molar-refractivity contribution in [1.29, 1.82) is 0 Å². The van der Waals surface area contributed by atoms with Crippen LogP contribution in [-0.4, -0.2) is 13.2 Å². The summed E-state index contributed by atoms with van der Waals surface area (Å²) in [6.45, 7) is 7.78. The number of hydrogen-bond donors (Lipinski definition) is 1. The van der Waals surface area contributed by atoms with E-state index in [-0.39, 0.29) is 0 Å². The van der Waals surface area contributed by atoms with E-state index < -0.39 is 0 Å². The number of benzene rings is 2. The molecular formula is C19H23Cl2NO2. The van der Waals surface area contributed by atoms with Crippen LogP contribution in [0.5, 0.6) is 11.5 Å². The van der Waals surface area contributed by atoms with Crippen molar-refractivity contribution >= 4 is 28.9 Å². The SMILES string of the molecule is CCCOc1c(Cl)cc(CNc2cccc(Cl)c2C)cc1OCC. The molecule has 5 heteroatoms. The van der Waals surface area contributed by atoms with Crippen LogP contribution in [-0.2, 0) is 6.54 Å². The number of ether oxygens (including phenoxy) is 2. The molecule has 0 radical (unpaired) electrons. The quantitative estimate of drug-likeness (QED) is 0.611. The van der Waals surface area contributed by atoms with Gasteiger partial charge in [0.2, 0.25) is 0 Å². The lowest BCUT2D eigenvalue weighted by Crippen LogP contribution is -2.05. The van der Waals surface area contributed by atoms with Gasteiger partial charge in [0, 0.05) is 17.3 Å². The second kappa shape index (κ2) is 9.05. The predicted octanol–water partition coefficient (Wildman–Crippen LogP) is 6.10. The molecule has 0 aliphatic heterocycles. The van der Waals surface area contributed by atoms with Crippen molar-refractivity contribution in [1.82, 2.24) is 0 Å². The number of anilines is 1. The topological polar surface area (TPSA) is 30.5 Å². The van der Waals surface area contributed by atoms with Crippen molar-refractivity contribution < 1.29 is 9.47 Å². The van der Waals surface area contributed by atoms with Crippen LogP contribution < -0.4 is 14.8 Å². The fourth-order valence-corrected chi connectivity index (χ4v) is 2.79. The van der Waals surface area contributed by atoms with Crippen LogP contribution in [0.4, 0.5) is 5.69 Å². The Labute approximate surface area is 153 Å². The lowest BCUT2D eigenvalue weighted by atomic mass is 10.1. The van der Waals surface area contributed by atoms with E-state index in [1.807, 2.05) is 44.2 Å². The molecule has 0 unspecified atom stereocenters. The summed E-state index contributed by atoms with van der Waals surface area (Å²) in [5.74, 6) is 1.29. The third kappa shape index (κ3) is 4.71. The first-order valence-corrected chi connectivity index (χ1v) is 8.89. The van der Waals surface area contributed by atoms with E-state index in [9.17, 15) is 0 Å². The minimum atomic E-state index is 0.559. The molecule has 0 amide bonds. The molecule has 0 saturated heterocycles. The van der Waals surface area contributed by atoms with E-state index >= 15 is 0 Å². The fourth-order valence-electron chi connectivity index (χ4n) is 2.33. The molecule has 130 valence electrons. The first-order valence-electron chi connectivity index (χ1n) is 8.13. The van der Waals surface area contributed by atoms with Crippen LogP contribution in [0.2, 0.25) is 10.0 Å². The number of hydrogen-bond acceptors (Lipinski definition) is 3. The number of rotatable bonds is 8. The first kappa shape index (κ1) is 18.8. The summed E-state index contributed by atoms with van der Waals surface area (Å²) in [5, 5.41) is 4.70. The lowest BCUT2D eigenvalue weighted by molar-refractivity contribution is 0.277. The highest BCUT2D eigenvalue weighted by molar-refractivity contribution is 6.32. The molecule has 24 heavy (non-hydrogen) atoms. The maximum Gasteiger partial charge on any atom is 0.179 e. The summed E-state index contributed by atoms with van der Waals surface area (Å²) >= 11 is 12.5. The van der Waals surface area contributed by atoms with Gasteiger partial charge in [0.1, 0.15) is 0 Å². The van der Waals surface area contributed by atoms with Crippen molar-refractivity contribution in [3.05, 3.63) is 51.5 Å². The van der Waals surface area contributed by atoms with Crippen LogP contribution in [0.15, 0.2) is 30.3 Å². The molecule has 0 saturated carbocycles. The van der Waals surface area contributed by atoms with Gasteiger partial charge in [0.25, 0.3) is 0 Å². The maximum atomic E-state index is 6.39. The Balaban J connectivity index is 2.19. The predicted molar refractivity (Wildman–Crippen MR) is 102 cm³/mol. The number of nitrogens with one attached hydrogen (secondary N) is 1. The Morgan fingerprint density at radius 3 is 2.54 bits per heavy atom. The van der Waals surface area contributed by atoms with Gasteiger partial charge in [0.15, 0.2) is 11.5 Å². The van der Waals surface area contributed by atoms with E-state index in [1.54, 1.807) is 0 Å². The largest absolute Gasteiger partial charge is 0.490 e. The monoisotopic (exact) mass is 367 g/mol. The van der Waals surface area contributed by atoms with E-state index in [1.165, 1.54) is 0 Å². The van der Waals surface area contributed by atoms with E-state index in [4.69, 9.17) is 32.7 Å². The van der Waals surface area contributed by atoms with Crippen LogP contribution in [0, 0.1) is 6.92 Å². The molecule has 0 aromatic heterocycles. The fraction of sp³-hybridized carbons (Fsp3) is 0.368. The van der Waals surface area contributed by atoms with E-state index in [0.29, 0.717) is 36.3 Å². The second-order valence-corrected chi connectivity index (χ2v) is 6.27. The van der Waals surface area contributed by atoms with Crippen molar-refractivity contribution in [3.8, 4) is 11.5 Å². The third-order valence-corrected chi connectivity index (χ3v) is 4.26. The van der Waals surface area contributed by atoms with E-state index in [0.717, 1.165) is 28.3 Å². The highest BCUT2D eigenvalue weighted by atomic mass is 35.5. The summed E-state index contributed by atoms with van der Waals surface area (Å²) in [7, 11) is 0. The highest BCUT2D eigenvalue weighted by Gasteiger charge is 2.13. The van der Waals surface area contributed by atoms with Gasteiger partial charge in [-0.1, -0.05) is 36.2 Å². The van der Waals surface area contributed by atoms with Crippen LogP contribution >= 0.6 is 23.2 Å². The molecule has 1 N–H and O–H groups in total. The average molecular weight is 368 g/mol. The Bertz CT molecular complexity index is 689. The average Bonchev–Trinajstić information content (AvgIpc) is 2.56. The maximum absolute atomic E-state index is 6.39.